The van der Waals surface area contributed by atoms with Crippen LogP contribution in [0.15, 0.2) is 0 Å². The van der Waals surface area contributed by atoms with Gasteiger partial charge in [-0.25, -0.2) is 0 Å². The molecule has 0 rings (SSSR count). The first-order chi connectivity index (χ1) is 3.73. The second-order valence-electron chi connectivity index (χ2n) is 0.735. The predicted molar refractivity (Wildman–Crippen MR) is 20.7 cm³/mol. The maximum atomic E-state index is 8.64. The summed E-state index contributed by atoms with van der Waals surface area (Å²) in [6.07, 6.45) is 0. The Bertz CT molecular complexity index is 130. The molecule has 0 aliphatic heterocycles. The molecule has 0 aromatic heterocycles. The van der Waals surface area contributed by atoms with E-state index in [1.165, 1.54) is 0 Å². The van der Waals surface area contributed by atoms with Gasteiger partial charge in [0.1, 0.15) is 0 Å². The largest absolute Gasteiger partial charge is 2.00 e. The van der Waals surface area contributed by atoms with Gasteiger partial charge in [0.25, 0.3) is 0 Å². The molecule has 0 aromatic rings. The van der Waals surface area contributed by atoms with Crippen molar-refractivity contribution < 1.29 is 81.6 Å². The normalized spacial score (nSPS) is 7.73. The minimum absolute atomic E-state index is 0. The van der Waals surface area contributed by atoms with E-state index in [2.05, 4.69) is 0 Å². The van der Waals surface area contributed by atoms with Crippen molar-refractivity contribution in [3.63, 3.8) is 0 Å². The van der Waals surface area contributed by atoms with Crippen LogP contribution in [0, 0.1) is 0 Å². The van der Waals surface area contributed by atoms with Gasteiger partial charge in [-0.05, 0) is 0 Å². The minimum atomic E-state index is -5.17. The van der Waals surface area contributed by atoms with Crippen molar-refractivity contribution in [3.8, 4) is 0 Å². The molecule has 0 heterocycles. The molecule has 0 aliphatic rings. The Labute approximate surface area is 98.6 Å². The van der Waals surface area contributed by atoms with Crippen LogP contribution in [0.25, 0.3) is 0 Å². The molecule has 0 unspecified atom stereocenters. The van der Waals surface area contributed by atoms with Crippen LogP contribution in [0.2, 0.25) is 0 Å². The quantitative estimate of drug-likeness (QED) is 0.245. The number of hydrogen-bond donors (Lipinski definition) is 2. The first kappa shape index (κ1) is 22.9. The molecule has 0 spiro atoms. The fraction of sp³-hybridized carbons (Fsp3) is 0. The Kier molecular flexibility index (Phi) is 23.8. The van der Waals surface area contributed by atoms with Crippen LogP contribution in [0.1, 0.15) is 0 Å². The van der Waals surface area contributed by atoms with Crippen molar-refractivity contribution >= 4 is 17.7 Å². The van der Waals surface area contributed by atoms with E-state index >= 15 is 0 Å². The molecule has 56 valence electrons. The molecule has 0 radical (unpaired) electrons. The molecule has 0 atom stereocenters. The summed E-state index contributed by atoms with van der Waals surface area (Å²) in [4.78, 5) is 0. The van der Waals surface area contributed by atoms with Crippen molar-refractivity contribution in [1.29, 1.82) is 0 Å². The van der Waals surface area contributed by atoms with Gasteiger partial charge in [0, 0.05) is 10.4 Å². The topological polar surface area (TPSA) is 144 Å². The van der Waals surface area contributed by atoms with E-state index in [4.69, 9.17) is 32.6 Å². The molecule has 11 heavy (non-hydrogen) atoms. The Hall–Kier alpha value is 1.44. The molecule has 0 saturated carbocycles. The molecule has 0 saturated heterocycles. The van der Waals surface area contributed by atoms with E-state index < -0.39 is 17.7 Å². The van der Waals surface area contributed by atoms with Gasteiger partial charge in [0.05, 0.1) is 0 Å². The van der Waals surface area contributed by atoms with Crippen molar-refractivity contribution in [2.75, 3.05) is 0 Å². The molecular weight excluding hydrogens is 243 g/mol. The van der Waals surface area contributed by atoms with E-state index in [0.29, 0.717) is 0 Å². The van der Waals surface area contributed by atoms with Gasteiger partial charge < -0.3 is 24.2 Å². The number of hydrogen-bond acceptors (Lipinski definition) is 7. The third kappa shape index (κ3) is 493. The van der Waals surface area contributed by atoms with Gasteiger partial charge >= 0.3 is 56.4 Å². The van der Waals surface area contributed by atoms with Crippen molar-refractivity contribution in [2.24, 2.45) is 0 Å². The van der Waals surface area contributed by atoms with Crippen molar-refractivity contribution in [1.82, 2.24) is 0 Å². The maximum absolute atomic E-state index is 8.64. The zero-order chi connectivity index (χ0) is 8.08. The molecule has 11 heteroatoms. The summed E-state index contributed by atoms with van der Waals surface area (Å²) in [5.74, 6) is 0. The summed E-state index contributed by atoms with van der Waals surface area (Å²) in [6.45, 7) is 0. The molecule has 0 fully saturated rings. The molecular formula is H2BNaO7SZn. The Balaban J connectivity index is -0.0000000383. The second-order valence-corrected chi connectivity index (χ2v) is 1.55. The zero-order valence-electron chi connectivity index (χ0n) is 5.63. The van der Waals surface area contributed by atoms with E-state index in [1.807, 2.05) is 0 Å². The predicted octanol–water partition coefficient (Wildman–Crippen LogP) is -7.02. The van der Waals surface area contributed by atoms with Crippen LogP contribution < -0.4 is 34.6 Å². The third-order valence-corrected chi connectivity index (χ3v) is 0. The van der Waals surface area contributed by atoms with Crippen LogP contribution in [0.5, 0.6) is 0 Å². The summed E-state index contributed by atoms with van der Waals surface area (Å²) in [6, 6.07) is 0. The molecule has 0 aliphatic carbocycles. The molecule has 0 bridgehead atoms. The fourth-order valence-corrected chi connectivity index (χ4v) is 0. The summed E-state index contributed by atoms with van der Waals surface area (Å²) >= 11 is 0. The Morgan fingerprint density at radius 2 is 1.18 bits per heavy atom. The summed E-state index contributed by atoms with van der Waals surface area (Å²) in [7, 11) is -7.58. The zero-order valence-corrected chi connectivity index (χ0v) is 11.4. The average Bonchev–Trinajstić information content (AvgIpc) is 1.19. The SMILES string of the molecule is O=S(=O)([O-])[O-].[Na+].[O-]B(O)O.[Zn+2]. The first-order valence-electron chi connectivity index (χ1n) is 1.42. The third-order valence-electron chi connectivity index (χ3n) is 0. The van der Waals surface area contributed by atoms with Crippen molar-refractivity contribution in [2.45, 2.75) is 0 Å². The molecule has 2 N–H and O–H groups in total. The summed E-state index contributed by atoms with van der Waals surface area (Å²) in [5, 5.41) is 22.8. The summed E-state index contributed by atoms with van der Waals surface area (Å²) in [5.41, 5.74) is 0. The Morgan fingerprint density at radius 1 is 1.18 bits per heavy atom. The molecule has 7 nitrogen and oxygen atoms in total. The van der Waals surface area contributed by atoms with E-state index in [9.17, 15) is 0 Å². The van der Waals surface area contributed by atoms with Gasteiger partial charge in [0.15, 0.2) is 0 Å². The minimum Gasteiger partial charge on any atom is -0.832 e. The molecule has 0 aromatic carbocycles. The average molecular weight is 245 g/mol. The van der Waals surface area contributed by atoms with Gasteiger partial charge in [-0.3, -0.25) is 8.42 Å². The monoisotopic (exact) mass is 244 g/mol. The summed E-state index contributed by atoms with van der Waals surface area (Å²) < 4.78 is 34.1. The van der Waals surface area contributed by atoms with Crippen LogP contribution in [-0.2, 0) is 29.9 Å². The Morgan fingerprint density at radius 3 is 1.18 bits per heavy atom. The molecule has 0 amide bonds. The second kappa shape index (κ2) is 11.4. The van der Waals surface area contributed by atoms with Crippen LogP contribution >= 0.6 is 0 Å². The van der Waals surface area contributed by atoms with E-state index in [-0.39, 0.29) is 49.0 Å². The van der Waals surface area contributed by atoms with Gasteiger partial charge in [-0.1, -0.05) is 0 Å². The van der Waals surface area contributed by atoms with Gasteiger partial charge in [0.2, 0.25) is 0 Å². The standard InChI is InChI=1S/BH2O3.Na.H2O4S.Zn/c2-1(3)4;;1-5(2,3)4;/h2-3H;;(H2,1,2,3,4);/q-1;+1;;+2/p-2. The van der Waals surface area contributed by atoms with Crippen LogP contribution in [0.4, 0.5) is 0 Å². The smallest absolute Gasteiger partial charge is 0.832 e. The van der Waals surface area contributed by atoms with Crippen LogP contribution in [0.3, 0.4) is 0 Å². The van der Waals surface area contributed by atoms with E-state index in [1.54, 1.807) is 0 Å². The van der Waals surface area contributed by atoms with E-state index in [0.717, 1.165) is 0 Å². The van der Waals surface area contributed by atoms with Gasteiger partial charge in [-0.15, -0.1) is 0 Å². The van der Waals surface area contributed by atoms with Crippen molar-refractivity contribution in [3.05, 3.63) is 0 Å². The maximum Gasteiger partial charge on any atom is 2.00 e. The fourth-order valence-electron chi connectivity index (χ4n) is 0. The first-order valence-corrected chi connectivity index (χ1v) is 2.75. The number of rotatable bonds is 0. The van der Waals surface area contributed by atoms with Crippen LogP contribution in [-0.4, -0.2) is 34.9 Å². The van der Waals surface area contributed by atoms with Gasteiger partial charge in [-0.2, -0.15) is 0 Å².